The highest BCUT2D eigenvalue weighted by molar-refractivity contribution is 7.10. The van der Waals surface area contributed by atoms with Gasteiger partial charge < -0.3 is 4.90 Å². The zero-order valence-electron chi connectivity index (χ0n) is 13.7. The summed E-state index contributed by atoms with van der Waals surface area (Å²) in [6.45, 7) is 5.81. The normalized spacial score (nSPS) is 23.7. The molecule has 122 valence electrons. The topological polar surface area (TPSA) is 23.6 Å². The van der Waals surface area contributed by atoms with E-state index in [2.05, 4.69) is 28.2 Å². The van der Waals surface area contributed by atoms with Crippen molar-refractivity contribution in [3.8, 4) is 0 Å². The van der Waals surface area contributed by atoms with Crippen molar-refractivity contribution in [1.82, 2.24) is 9.80 Å². The highest BCUT2D eigenvalue weighted by atomic mass is 32.1. The number of likely N-dealkylation sites (tertiary alicyclic amines) is 1. The van der Waals surface area contributed by atoms with Gasteiger partial charge in [-0.25, -0.2) is 0 Å². The van der Waals surface area contributed by atoms with E-state index >= 15 is 0 Å². The predicted octanol–water partition coefficient (Wildman–Crippen LogP) is 3.85. The van der Waals surface area contributed by atoms with E-state index in [1.54, 1.807) is 0 Å². The summed E-state index contributed by atoms with van der Waals surface area (Å²) >= 11 is 1.88. The Labute approximate surface area is 138 Å². The Morgan fingerprint density at radius 1 is 1.18 bits per heavy atom. The molecule has 0 radical (unpaired) electrons. The molecule has 3 rings (SSSR count). The number of nitrogens with zero attached hydrogens (tertiary/aromatic N) is 2. The fourth-order valence-electron chi connectivity index (χ4n) is 3.89. The van der Waals surface area contributed by atoms with Crippen molar-refractivity contribution >= 4 is 17.2 Å². The Bertz CT molecular complexity index is 491. The molecule has 1 aromatic heterocycles. The third-order valence-electron chi connectivity index (χ3n) is 5.14. The lowest BCUT2D eigenvalue weighted by Gasteiger charge is -2.36. The Morgan fingerprint density at radius 3 is 2.64 bits per heavy atom. The largest absolute Gasteiger partial charge is 0.342 e. The SMILES string of the molecule is CCC1c2ccsc2CCN1CC(=O)N1CCCCCCC1. The first kappa shape index (κ1) is 16.0. The van der Waals surface area contributed by atoms with E-state index in [0.29, 0.717) is 18.5 Å². The molecule has 3 heterocycles. The molecule has 4 heteroatoms. The van der Waals surface area contributed by atoms with Gasteiger partial charge >= 0.3 is 0 Å². The monoisotopic (exact) mass is 320 g/mol. The number of amides is 1. The Kier molecular flexibility index (Phi) is 5.53. The van der Waals surface area contributed by atoms with Gasteiger partial charge in [-0.1, -0.05) is 26.2 Å². The van der Waals surface area contributed by atoms with Gasteiger partial charge in [-0.2, -0.15) is 0 Å². The van der Waals surface area contributed by atoms with E-state index in [1.807, 2.05) is 11.3 Å². The van der Waals surface area contributed by atoms with Gasteiger partial charge in [-0.05, 0) is 42.7 Å². The second-order valence-corrected chi connectivity index (χ2v) is 7.59. The zero-order chi connectivity index (χ0) is 15.4. The number of carbonyl (C=O) groups excluding carboxylic acids is 1. The van der Waals surface area contributed by atoms with Crippen molar-refractivity contribution in [1.29, 1.82) is 0 Å². The van der Waals surface area contributed by atoms with E-state index in [4.69, 9.17) is 0 Å². The third-order valence-corrected chi connectivity index (χ3v) is 6.14. The number of thiophene rings is 1. The molecule has 1 amide bonds. The molecule has 1 saturated heterocycles. The molecule has 0 aliphatic carbocycles. The molecule has 22 heavy (non-hydrogen) atoms. The molecule has 1 atom stereocenters. The maximum Gasteiger partial charge on any atom is 0.236 e. The van der Waals surface area contributed by atoms with Crippen LogP contribution in [0.15, 0.2) is 11.4 Å². The van der Waals surface area contributed by atoms with Crippen LogP contribution in [0.4, 0.5) is 0 Å². The number of rotatable bonds is 3. The lowest BCUT2D eigenvalue weighted by molar-refractivity contribution is -0.133. The van der Waals surface area contributed by atoms with Crippen molar-refractivity contribution in [2.75, 3.05) is 26.2 Å². The van der Waals surface area contributed by atoms with Crippen LogP contribution in [0.3, 0.4) is 0 Å². The number of fused-ring (bicyclic) bond motifs is 1. The predicted molar refractivity (Wildman–Crippen MR) is 92.3 cm³/mol. The van der Waals surface area contributed by atoms with Gasteiger partial charge in [0.2, 0.25) is 5.91 Å². The van der Waals surface area contributed by atoms with Gasteiger partial charge in [0.25, 0.3) is 0 Å². The molecule has 3 nitrogen and oxygen atoms in total. The third kappa shape index (κ3) is 3.54. The molecule has 0 saturated carbocycles. The molecule has 2 aliphatic rings. The zero-order valence-corrected chi connectivity index (χ0v) is 14.5. The average Bonchev–Trinajstić information content (AvgIpc) is 2.95. The summed E-state index contributed by atoms with van der Waals surface area (Å²) in [5, 5.41) is 2.21. The maximum absolute atomic E-state index is 12.7. The van der Waals surface area contributed by atoms with Gasteiger partial charge in [-0.15, -0.1) is 11.3 Å². The van der Waals surface area contributed by atoms with Crippen LogP contribution < -0.4 is 0 Å². The van der Waals surface area contributed by atoms with Gasteiger partial charge in [0.15, 0.2) is 0 Å². The van der Waals surface area contributed by atoms with Crippen LogP contribution in [0, 0.1) is 0 Å². The van der Waals surface area contributed by atoms with Crippen LogP contribution >= 0.6 is 11.3 Å². The lowest BCUT2D eigenvalue weighted by Crippen LogP contribution is -2.44. The van der Waals surface area contributed by atoms with E-state index in [9.17, 15) is 4.79 Å². The highest BCUT2D eigenvalue weighted by Crippen LogP contribution is 2.35. The van der Waals surface area contributed by atoms with Gasteiger partial charge in [-0.3, -0.25) is 9.69 Å². The maximum atomic E-state index is 12.7. The van der Waals surface area contributed by atoms with Crippen molar-refractivity contribution in [2.24, 2.45) is 0 Å². The number of carbonyl (C=O) groups is 1. The highest BCUT2D eigenvalue weighted by Gasteiger charge is 2.29. The first-order valence-corrected chi connectivity index (χ1v) is 9.75. The van der Waals surface area contributed by atoms with Crippen molar-refractivity contribution in [2.45, 2.75) is 57.9 Å². The van der Waals surface area contributed by atoms with E-state index in [-0.39, 0.29) is 0 Å². The van der Waals surface area contributed by atoms with Crippen LogP contribution in [0.2, 0.25) is 0 Å². The first-order chi connectivity index (χ1) is 10.8. The summed E-state index contributed by atoms with van der Waals surface area (Å²) in [5.41, 5.74) is 1.47. The van der Waals surface area contributed by atoms with Crippen LogP contribution in [0.25, 0.3) is 0 Å². The van der Waals surface area contributed by atoms with Crippen molar-refractivity contribution < 1.29 is 4.79 Å². The number of hydrogen-bond acceptors (Lipinski definition) is 3. The summed E-state index contributed by atoms with van der Waals surface area (Å²) < 4.78 is 0. The van der Waals surface area contributed by atoms with Crippen molar-refractivity contribution in [3.05, 3.63) is 21.9 Å². The second kappa shape index (κ2) is 7.60. The molecule has 1 fully saturated rings. The van der Waals surface area contributed by atoms with Gasteiger partial charge in [0.05, 0.1) is 6.54 Å². The Morgan fingerprint density at radius 2 is 1.91 bits per heavy atom. The summed E-state index contributed by atoms with van der Waals surface area (Å²) in [6.07, 6.45) is 8.46. The molecule has 0 spiro atoms. The molecule has 1 unspecified atom stereocenters. The Balaban J connectivity index is 1.63. The molecular formula is C18H28N2OS. The summed E-state index contributed by atoms with van der Waals surface area (Å²) in [7, 11) is 0. The first-order valence-electron chi connectivity index (χ1n) is 8.87. The summed E-state index contributed by atoms with van der Waals surface area (Å²) in [5.74, 6) is 0.346. The fraction of sp³-hybridized carbons (Fsp3) is 0.722. The summed E-state index contributed by atoms with van der Waals surface area (Å²) in [4.78, 5) is 18.8. The van der Waals surface area contributed by atoms with Gasteiger partial charge in [0, 0.05) is 30.6 Å². The van der Waals surface area contributed by atoms with Crippen LogP contribution in [0.5, 0.6) is 0 Å². The van der Waals surface area contributed by atoms with Gasteiger partial charge in [0.1, 0.15) is 0 Å². The molecule has 0 aromatic carbocycles. The summed E-state index contributed by atoms with van der Waals surface area (Å²) in [6, 6.07) is 2.70. The minimum atomic E-state index is 0.346. The van der Waals surface area contributed by atoms with E-state index in [0.717, 1.165) is 32.5 Å². The van der Waals surface area contributed by atoms with E-state index in [1.165, 1.54) is 42.5 Å². The van der Waals surface area contributed by atoms with Crippen LogP contribution in [0.1, 0.15) is 61.9 Å². The van der Waals surface area contributed by atoms with E-state index < -0.39 is 0 Å². The fourth-order valence-corrected chi connectivity index (χ4v) is 4.81. The van der Waals surface area contributed by atoms with Crippen LogP contribution in [-0.2, 0) is 11.2 Å². The molecule has 2 aliphatic heterocycles. The molecule has 1 aromatic rings. The second-order valence-electron chi connectivity index (χ2n) is 6.59. The number of hydrogen-bond donors (Lipinski definition) is 0. The quantitative estimate of drug-likeness (QED) is 0.844. The standard InChI is InChI=1S/C18H28N2OS/c1-2-16-15-9-13-22-17(15)8-12-20(16)14-18(21)19-10-6-4-3-5-7-11-19/h9,13,16H,2-8,10-12,14H2,1H3. The minimum Gasteiger partial charge on any atom is -0.342 e. The average molecular weight is 321 g/mol. The molecular weight excluding hydrogens is 292 g/mol. The molecule has 0 bridgehead atoms. The minimum absolute atomic E-state index is 0.346. The molecule has 0 N–H and O–H groups in total. The van der Waals surface area contributed by atoms with Crippen molar-refractivity contribution in [3.63, 3.8) is 0 Å². The Hall–Kier alpha value is -0.870. The van der Waals surface area contributed by atoms with Crippen LogP contribution in [-0.4, -0.2) is 41.9 Å². The lowest BCUT2D eigenvalue weighted by atomic mass is 9.98. The smallest absolute Gasteiger partial charge is 0.236 e.